The lowest BCUT2D eigenvalue weighted by Gasteiger charge is -2.01. The molecule has 0 atom stereocenters. The molecule has 0 saturated carbocycles. The third kappa shape index (κ3) is 8.24. The lowest BCUT2D eigenvalue weighted by atomic mass is 10.2. The second-order valence-electron chi connectivity index (χ2n) is 5.02. The number of ether oxygens (including phenoxy) is 1. The Balaban J connectivity index is 0.000000309. The molecule has 0 bridgehead atoms. The molecule has 0 saturated heterocycles. The predicted molar refractivity (Wildman–Crippen MR) is 123 cm³/mol. The zero-order chi connectivity index (χ0) is 20.6. The van der Waals surface area contributed by atoms with Crippen LogP contribution in [0.2, 0.25) is 20.1 Å². The highest BCUT2D eigenvalue weighted by Crippen LogP contribution is 2.28. The molecule has 0 radical (unpaired) electrons. The molecular formula is C18H15Cl4IN2O2. The Labute approximate surface area is 191 Å². The number of anilines is 2. The SMILES string of the molecule is COC(=O)CCC#Cc1cc(Cl)c(Cl)cc1N.Nc1cc(Cl)c(Cl)cc1I. The van der Waals surface area contributed by atoms with Crippen molar-refractivity contribution in [2.45, 2.75) is 12.8 Å². The molecule has 9 heteroatoms. The largest absolute Gasteiger partial charge is 0.469 e. The van der Waals surface area contributed by atoms with Crippen molar-refractivity contribution < 1.29 is 9.53 Å². The molecule has 0 aromatic heterocycles. The van der Waals surface area contributed by atoms with Crippen molar-refractivity contribution in [2.24, 2.45) is 0 Å². The molecule has 4 nitrogen and oxygen atoms in total. The van der Waals surface area contributed by atoms with E-state index in [1.165, 1.54) is 7.11 Å². The van der Waals surface area contributed by atoms with Crippen LogP contribution in [-0.4, -0.2) is 13.1 Å². The van der Waals surface area contributed by atoms with Gasteiger partial charge >= 0.3 is 5.97 Å². The molecule has 0 aliphatic rings. The molecule has 0 spiro atoms. The minimum Gasteiger partial charge on any atom is -0.469 e. The van der Waals surface area contributed by atoms with Gasteiger partial charge in [0.25, 0.3) is 0 Å². The minimum atomic E-state index is -0.290. The maximum Gasteiger partial charge on any atom is 0.306 e. The van der Waals surface area contributed by atoms with Gasteiger partial charge in [-0.3, -0.25) is 4.79 Å². The molecule has 4 N–H and O–H groups in total. The third-order valence-electron chi connectivity index (χ3n) is 3.04. The van der Waals surface area contributed by atoms with E-state index in [0.29, 0.717) is 43.4 Å². The zero-order valence-corrected chi connectivity index (χ0v) is 19.3. The fourth-order valence-corrected chi connectivity index (χ4v) is 2.96. The summed E-state index contributed by atoms with van der Waals surface area (Å²) >= 11 is 25.1. The van der Waals surface area contributed by atoms with E-state index >= 15 is 0 Å². The number of hydrogen-bond donors (Lipinski definition) is 2. The summed E-state index contributed by atoms with van der Waals surface area (Å²) in [6.07, 6.45) is 0.664. The van der Waals surface area contributed by atoms with Gasteiger partial charge in [0.05, 0.1) is 33.6 Å². The van der Waals surface area contributed by atoms with Crippen LogP contribution in [0, 0.1) is 15.4 Å². The van der Waals surface area contributed by atoms with Gasteiger partial charge in [-0.05, 0) is 46.9 Å². The van der Waals surface area contributed by atoms with Crippen LogP contribution in [0.15, 0.2) is 24.3 Å². The van der Waals surface area contributed by atoms with E-state index in [2.05, 4.69) is 39.2 Å². The monoisotopic (exact) mass is 558 g/mol. The average Bonchev–Trinajstić information content (AvgIpc) is 2.61. The van der Waals surface area contributed by atoms with Crippen LogP contribution >= 0.6 is 69.0 Å². The number of nitrogens with two attached hydrogens (primary N) is 2. The van der Waals surface area contributed by atoms with Crippen LogP contribution in [0.25, 0.3) is 0 Å². The Kier molecular flexibility index (Phi) is 10.4. The molecule has 0 unspecified atom stereocenters. The lowest BCUT2D eigenvalue weighted by Crippen LogP contribution is -1.98. The lowest BCUT2D eigenvalue weighted by molar-refractivity contribution is -0.140. The summed E-state index contributed by atoms with van der Waals surface area (Å²) in [5, 5.41) is 1.84. The second-order valence-corrected chi connectivity index (χ2v) is 7.81. The van der Waals surface area contributed by atoms with Gasteiger partial charge in [0, 0.05) is 26.9 Å². The first-order valence-electron chi connectivity index (χ1n) is 7.36. The normalized spacial score (nSPS) is 9.56. The first kappa shape index (κ1) is 24.0. The molecule has 2 rings (SSSR count). The molecule has 2 aromatic rings. The molecule has 0 fully saturated rings. The minimum absolute atomic E-state index is 0.255. The Hall–Kier alpha value is -1.04. The summed E-state index contributed by atoms with van der Waals surface area (Å²) in [5.74, 6) is 5.37. The van der Waals surface area contributed by atoms with Crippen LogP contribution in [0.5, 0.6) is 0 Å². The summed E-state index contributed by atoms with van der Waals surface area (Å²) in [6, 6.07) is 6.53. The van der Waals surface area contributed by atoms with Gasteiger partial charge in [0.15, 0.2) is 0 Å². The first-order valence-corrected chi connectivity index (χ1v) is 9.95. The van der Waals surface area contributed by atoms with E-state index in [4.69, 9.17) is 57.9 Å². The molecular weight excluding hydrogens is 545 g/mol. The third-order valence-corrected chi connectivity index (χ3v) is 5.42. The number of carbonyl (C=O) groups is 1. The number of esters is 1. The predicted octanol–water partition coefficient (Wildman–Crippen LogP) is 6.06. The summed E-state index contributed by atoms with van der Waals surface area (Å²) in [7, 11) is 1.34. The van der Waals surface area contributed by atoms with Crippen LogP contribution in [0.4, 0.5) is 11.4 Å². The maximum atomic E-state index is 10.8. The van der Waals surface area contributed by atoms with Gasteiger partial charge in [-0.15, -0.1) is 0 Å². The van der Waals surface area contributed by atoms with E-state index in [0.717, 1.165) is 3.57 Å². The van der Waals surface area contributed by atoms with Crippen molar-refractivity contribution in [1.29, 1.82) is 0 Å². The molecule has 0 amide bonds. The number of methoxy groups -OCH3 is 1. The van der Waals surface area contributed by atoms with E-state index in [1.54, 1.807) is 24.3 Å². The summed E-state index contributed by atoms with van der Waals surface area (Å²) < 4.78 is 5.41. The van der Waals surface area contributed by atoms with Crippen LogP contribution in [-0.2, 0) is 9.53 Å². The summed E-state index contributed by atoms with van der Waals surface area (Å²) in [4.78, 5) is 10.8. The highest BCUT2D eigenvalue weighted by Gasteiger charge is 2.03. The van der Waals surface area contributed by atoms with Crippen LogP contribution in [0.3, 0.4) is 0 Å². The highest BCUT2D eigenvalue weighted by atomic mass is 127. The van der Waals surface area contributed by atoms with Gasteiger partial charge in [0.1, 0.15) is 0 Å². The number of nitrogen functional groups attached to an aromatic ring is 2. The van der Waals surface area contributed by atoms with E-state index < -0.39 is 0 Å². The quantitative estimate of drug-likeness (QED) is 0.154. The maximum absolute atomic E-state index is 10.8. The zero-order valence-electron chi connectivity index (χ0n) is 14.1. The van der Waals surface area contributed by atoms with Gasteiger partial charge in [-0.2, -0.15) is 0 Å². The van der Waals surface area contributed by atoms with Crippen LogP contribution < -0.4 is 11.5 Å². The van der Waals surface area contributed by atoms with Crippen molar-refractivity contribution in [1.82, 2.24) is 0 Å². The van der Waals surface area contributed by atoms with Crippen molar-refractivity contribution in [2.75, 3.05) is 18.6 Å². The molecule has 0 heterocycles. The Morgan fingerprint density at radius 3 is 2.07 bits per heavy atom. The Morgan fingerprint density at radius 1 is 1.00 bits per heavy atom. The number of carbonyl (C=O) groups excluding carboxylic acids is 1. The van der Waals surface area contributed by atoms with Crippen molar-refractivity contribution >= 4 is 86.3 Å². The van der Waals surface area contributed by atoms with Gasteiger partial charge in [-0.1, -0.05) is 58.2 Å². The van der Waals surface area contributed by atoms with Gasteiger partial charge in [0.2, 0.25) is 0 Å². The summed E-state index contributed by atoms with van der Waals surface area (Å²) in [5.41, 5.74) is 13.0. The van der Waals surface area contributed by atoms with Gasteiger partial charge < -0.3 is 16.2 Å². The fourth-order valence-electron chi connectivity index (χ4n) is 1.63. The number of hydrogen-bond acceptors (Lipinski definition) is 4. The standard InChI is InChI=1S/C12H11Cl2NO2.C6H4Cl2IN/c1-17-12(16)5-3-2-4-8-6-9(13)10(14)7-11(8)15;7-3-1-5(9)6(10)2-4(3)8/h6-7H,3,5,15H2,1H3;1-2H,10H2. The van der Waals surface area contributed by atoms with E-state index in [9.17, 15) is 4.79 Å². The molecule has 144 valence electrons. The number of rotatable bonds is 2. The first-order chi connectivity index (χ1) is 12.6. The Bertz CT molecular complexity index is 845. The second kappa shape index (κ2) is 11.7. The number of benzene rings is 2. The topological polar surface area (TPSA) is 78.3 Å². The smallest absolute Gasteiger partial charge is 0.306 e. The average molecular weight is 560 g/mol. The summed E-state index contributed by atoms with van der Waals surface area (Å²) in [6.45, 7) is 0. The Morgan fingerprint density at radius 2 is 1.52 bits per heavy atom. The van der Waals surface area contributed by atoms with E-state index in [-0.39, 0.29) is 12.4 Å². The molecule has 2 aromatic carbocycles. The highest BCUT2D eigenvalue weighted by molar-refractivity contribution is 14.1. The number of halogens is 5. The molecule has 0 aliphatic carbocycles. The van der Waals surface area contributed by atoms with Crippen molar-refractivity contribution in [3.05, 3.63) is 53.5 Å². The van der Waals surface area contributed by atoms with Crippen molar-refractivity contribution in [3.63, 3.8) is 0 Å². The van der Waals surface area contributed by atoms with Gasteiger partial charge in [-0.25, -0.2) is 0 Å². The fraction of sp³-hybridized carbons (Fsp3) is 0.167. The van der Waals surface area contributed by atoms with Crippen molar-refractivity contribution in [3.8, 4) is 11.8 Å². The molecule has 0 aliphatic heterocycles. The van der Waals surface area contributed by atoms with E-state index in [1.807, 2.05) is 0 Å². The molecule has 27 heavy (non-hydrogen) atoms. The van der Waals surface area contributed by atoms with Crippen LogP contribution in [0.1, 0.15) is 18.4 Å².